The highest BCUT2D eigenvalue weighted by Gasteiger charge is 2.39. The highest BCUT2D eigenvalue weighted by molar-refractivity contribution is 7.89. The van der Waals surface area contributed by atoms with E-state index >= 15 is 0 Å². The summed E-state index contributed by atoms with van der Waals surface area (Å²) in [6.07, 6.45) is 2.49. The van der Waals surface area contributed by atoms with Crippen LogP contribution in [0.4, 0.5) is 0 Å². The van der Waals surface area contributed by atoms with Gasteiger partial charge in [0.1, 0.15) is 6.04 Å². The van der Waals surface area contributed by atoms with Crippen LogP contribution in [0.5, 0.6) is 0 Å². The summed E-state index contributed by atoms with van der Waals surface area (Å²) in [5.74, 6) is -0.592. The number of thiazole rings is 1. The van der Waals surface area contributed by atoms with Crippen molar-refractivity contribution >= 4 is 59.1 Å². The second kappa shape index (κ2) is 9.36. The number of amides is 1. The second-order valence-electron chi connectivity index (χ2n) is 7.64. The highest BCUT2D eigenvalue weighted by atomic mass is 35.5. The van der Waals surface area contributed by atoms with Gasteiger partial charge < -0.3 is 4.57 Å². The minimum Gasteiger partial charge on any atom is -0.313 e. The van der Waals surface area contributed by atoms with Gasteiger partial charge in [0, 0.05) is 18.1 Å². The van der Waals surface area contributed by atoms with Gasteiger partial charge in [-0.25, -0.2) is 22.0 Å². The van der Waals surface area contributed by atoms with Crippen LogP contribution >= 0.6 is 22.9 Å². The largest absolute Gasteiger partial charge is 0.313 e. The van der Waals surface area contributed by atoms with Crippen molar-refractivity contribution in [1.29, 1.82) is 0 Å². The zero-order valence-corrected chi connectivity index (χ0v) is 21.0. The maximum atomic E-state index is 13.2. The van der Waals surface area contributed by atoms with E-state index in [1.165, 1.54) is 40.7 Å². The van der Waals surface area contributed by atoms with Gasteiger partial charge in [-0.3, -0.25) is 4.79 Å². The average molecular weight is 541 g/mol. The summed E-state index contributed by atoms with van der Waals surface area (Å²) in [5.41, 5.74) is 0.654. The third-order valence-electron chi connectivity index (χ3n) is 5.41. The van der Waals surface area contributed by atoms with Crippen LogP contribution in [-0.4, -0.2) is 44.2 Å². The fraction of sp³-hybridized carbons (Fsp3) is 0.238. The van der Waals surface area contributed by atoms with E-state index in [0.29, 0.717) is 39.4 Å². The van der Waals surface area contributed by atoms with Gasteiger partial charge in [0.05, 0.1) is 20.0 Å². The van der Waals surface area contributed by atoms with E-state index in [4.69, 9.17) is 16.7 Å². The molecule has 2 N–H and O–H groups in total. The Labute approximate surface area is 205 Å². The molecule has 1 unspecified atom stereocenters. The Morgan fingerprint density at radius 3 is 2.50 bits per heavy atom. The molecule has 0 radical (unpaired) electrons. The number of benzene rings is 2. The first-order valence-corrected chi connectivity index (χ1v) is 14.3. The molecule has 0 bridgehead atoms. The van der Waals surface area contributed by atoms with Crippen molar-refractivity contribution in [3.05, 3.63) is 64.9 Å². The van der Waals surface area contributed by atoms with Crippen molar-refractivity contribution in [3.63, 3.8) is 0 Å². The van der Waals surface area contributed by atoms with Crippen LogP contribution in [0.1, 0.15) is 12.8 Å². The van der Waals surface area contributed by atoms with Crippen molar-refractivity contribution in [2.24, 2.45) is 10.1 Å². The topological polar surface area (TPSA) is 132 Å². The minimum absolute atomic E-state index is 0.0516. The quantitative estimate of drug-likeness (QED) is 0.480. The van der Waals surface area contributed by atoms with Crippen molar-refractivity contribution in [2.45, 2.75) is 35.2 Å². The van der Waals surface area contributed by atoms with E-state index in [1.807, 2.05) is 0 Å². The average Bonchev–Trinajstić information content (AvgIpc) is 3.39. The molecule has 1 amide bonds. The van der Waals surface area contributed by atoms with Crippen molar-refractivity contribution in [1.82, 2.24) is 8.87 Å². The van der Waals surface area contributed by atoms with Crippen LogP contribution in [0.2, 0.25) is 5.02 Å². The minimum atomic E-state index is -3.92. The third kappa shape index (κ3) is 4.74. The smallest absolute Gasteiger partial charge is 0.266 e. The summed E-state index contributed by atoms with van der Waals surface area (Å²) >= 11 is 6.99. The molecule has 4 rings (SSSR count). The molecular weight excluding hydrogens is 520 g/mol. The number of rotatable bonds is 6. The van der Waals surface area contributed by atoms with Crippen molar-refractivity contribution < 1.29 is 21.6 Å². The lowest BCUT2D eigenvalue weighted by Gasteiger charge is -2.21. The molecule has 1 aromatic heterocycles. The molecule has 9 nitrogen and oxygen atoms in total. The molecule has 0 aliphatic carbocycles. The SMILES string of the molecule is C=CCn1c(=NC(=O)C2CCCN2S(=O)(=O)c2ccc(Cl)cc2)sc2cc(S(N)(=O)=O)ccc21. The fourth-order valence-corrected chi connectivity index (χ4v) is 7.28. The number of nitrogens with two attached hydrogens (primary N) is 1. The molecule has 3 aromatic rings. The van der Waals surface area contributed by atoms with Crippen LogP contribution < -0.4 is 9.94 Å². The van der Waals surface area contributed by atoms with Gasteiger partial charge in [-0.15, -0.1) is 6.58 Å². The van der Waals surface area contributed by atoms with Crippen molar-refractivity contribution in [3.8, 4) is 0 Å². The second-order valence-corrected chi connectivity index (χ2v) is 12.5. The number of fused-ring (bicyclic) bond motifs is 1. The van der Waals surface area contributed by atoms with Gasteiger partial charge in [0.2, 0.25) is 20.0 Å². The molecule has 180 valence electrons. The molecule has 1 fully saturated rings. The number of halogens is 1. The lowest BCUT2D eigenvalue weighted by Crippen LogP contribution is -2.40. The predicted octanol–water partition coefficient (Wildman–Crippen LogP) is 2.47. The van der Waals surface area contributed by atoms with E-state index in [0.717, 1.165) is 11.3 Å². The van der Waals surface area contributed by atoms with Crippen LogP contribution in [-0.2, 0) is 31.4 Å². The van der Waals surface area contributed by atoms with Crippen LogP contribution in [0.15, 0.2) is 69.9 Å². The number of nitrogens with zero attached hydrogens (tertiary/aromatic N) is 3. The summed E-state index contributed by atoms with van der Waals surface area (Å²) in [4.78, 5) is 17.7. The number of hydrogen-bond acceptors (Lipinski definition) is 6. The molecule has 13 heteroatoms. The molecule has 2 aromatic carbocycles. The third-order valence-corrected chi connectivity index (χ3v) is 9.54. The summed E-state index contributed by atoms with van der Waals surface area (Å²) in [6, 6.07) is 9.23. The number of hydrogen-bond donors (Lipinski definition) is 1. The molecule has 0 spiro atoms. The van der Waals surface area contributed by atoms with Gasteiger partial charge in [-0.1, -0.05) is 29.0 Å². The number of primary sulfonamides is 1. The van der Waals surface area contributed by atoms with E-state index < -0.39 is 32.0 Å². The van der Waals surface area contributed by atoms with Gasteiger partial charge in [0.25, 0.3) is 5.91 Å². The molecule has 0 saturated carbocycles. The van der Waals surface area contributed by atoms with Crippen LogP contribution in [0.25, 0.3) is 10.2 Å². The van der Waals surface area contributed by atoms with Crippen molar-refractivity contribution in [2.75, 3.05) is 6.54 Å². The summed E-state index contributed by atoms with van der Waals surface area (Å²) in [7, 11) is -7.82. The van der Waals surface area contributed by atoms with Gasteiger partial charge >= 0.3 is 0 Å². The Hall–Kier alpha value is -2.35. The highest BCUT2D eigenvalue weighted by Crippen LogP contribution is 2.28. The van der Waals surface area contributed by atoms with Gasteiger partial charge in [-0.05, 0) is 55.3 Å². The Balaban J connectivity index is 1.75. The Morgan fingerprint density at radius 2 is 1.85 bits per heavy atom. The zero-order chi connectivity index (χ0) is 24.7. The summed E-state index contributed by atoms with van der Waals surface area (Å²) in [6.45, 7) is 4.25. The fourth-order valence-electron chi connectivity index (χ4n) is 3.81. The van der Waals surface area contributed by atoms with Gasteiger partial charge in [0.15, 0.2) is 4.80 Å². The Morgan fingerprint density at radius 1 is 1.18 bits per heavy atom. The lowest BCUT2D eigenvalue weighted by molar-refractivity contribution is -0.121. The number of aromatic nitrogens is 1. The number of carbonyl (C=O) groups excluding carboxylic acids is 1. The molecule has 1 aliphatic heterocycles. The summed E-state index contributed by atoms with van der Waals surface area (Å²) in [5, 5.41) is 5.64. The van der Waals surface area contributed by atoms with E-state index in [-0.39, 0.29) is 16.3 Å². The van der Waals surface area contributed by atoms with E-state index in [1.54, 1.807) is 16.7 Å². The monoisotopic (exact) mass is 540 g/mol. The van der Waals surface area contributed by atoms with Gasteiger partial charge in [-0.2, -0.15) is 9.30 Å². The van der Waals surface area contributed by atoms with E-state index in [9.17, 15) is 21.6 Å². The molecule has 1 atom stereocenters. The van der Waals surface area contributed by atoms with Crippen LogP contribution in [0, 0.1) is 0 Å². The molecule has 1 saturated heterocycles. The Bertz CT molecular complexity index is 1560. The molecule has 2 heterocycles. The maximum absolute atomic E-state index is 13.2. The normalized spacial score (nSPS) is 17.9. The first-order chi connectivity index (χ1) is 16.0. The standard InChI is InChI=1S/C21H21ClN4O5S3/c1-2-11-25-17-10-9-16(33(23,28)29)13-19(17)32-21(25)24-20(27)18-4-3-12-26(18)34(30,31)15-7-5-14(22)6-8-15/h2,5-10,13,18H,1,3-4,11-12H2,(H2,23,28,29). The lowest BCUT2D eigenvalue weighted by atomic mass is 10.2. The molecule has 34 heavy (non-hydrogen) atoms. The summed E-state index contributed by atoms with van der Waals surface area (Å²) < 4.78 is 53.2. The number of allylic oxidation sites excluding steroid dienone is 1. The molecule has 1 aliphatic rings. The Kier molecular flexibility index (Phi) is 6.82. The number of carbonyl (C=O) groups is 1. The van der Waals surface area contributed by atoms with E-state index in [2.05, 4.69) is 11.6 Å². The first-order valence-electron chi connectivity index (χ1n) is 10.2. The number of sulfonamides is 2. The first kappa shape index (κ1) is 24.8. The zero-order valence-electron chi connectivity index (χ0n) is 17.8. The predicted molar refractivity (Wildman–Crippen MR) is 130 cm³/mol. The van der Waals surface area contributed by atoms with Crippen LogP contribution in [0.3, 0.4) is 0 Å². The molecular formula is C21H21ClN4O5S3. The maximum Gasteiger partial charge on any atom is 0.266 e.